The molecule has 0 fully saturated rings. The smallest absolute Gasteiger partial charge is 0.344 e. The Morgan fingerprint density at radius 2 is 1.09 bits per heavy atom. The summed E-state index contributed by atoms with van der Waals surface area (Å²) in [7, 11) is -10.1. The Kier molecular flexibility index (Phi) is 8.41. The zero-order valence-corrected chi connectivity index (χ0v) is 7.90. The molecule has 0 unspecified atom stereocenters. The van der Waals surface area contributed by atoms with Crippen LogP contribution in [0.25, 0.3) is 0 Å². The van der Waals surface area contributed by atoms with Crippen LogP contribution in [0.5, 0.6) is 0 Å². The molecule has 0 saturated heterocycles. The minimum absolute atomic E-state index is 0. The van der Waals surface area contributed by atoms with E-state index in [-0.39, 0.29) is 19.6 Å². The second-order valence-electron chi connectivity index (χ2n) is 1.06. The van der Waals surface area contributed by atoms with Crippen LogP contribution >= 0.6 is 29.1 Å². The summed E-state index contributed by atoms with van der Waals surface area (Å²) in [6.45, 7) is 0. The Morgan fingerprint density at radius 1 is 0.909 bits per heavy atom. The van der Waals surface area contributed by atoms with Crippen molar-refractivity contribution in [2.45, 2.75) is 0 Å². The maximum Gasteiger partial charge on any atom is 0.478 e. The number of hydrogen-bond acceptors (Lipinski definition) is 4. The van der Waals surface area contributed by atoms with Crippen LogP contribution in [0.15, 0.2) is 0 Å². The molecule has 11 heavy (non-hydrogen) atoms. The van der Waals surface area contributed by atoms with Gasteiger partial charge in [0.05, 0.1) is 0 Å². The van der Waals surface area contributed by atoms with Crippen molar-refractivity contribution >= 4 is 29.1 Å². The summed E-state index contributed by atoms with van der Waals surface area (Å²) in [6, 6.07) is 0. The van der Waals surface area contributed by atoms with Crippen molar-refractivity contribution in [3.05, 3.63) is 0 Å². The monoisotopic (exact) mass is 229 g/mol. The lowest BCUT2D eigenvalue weighted by Crippen LogP contribution is -1.84. The fourth-order valence-electron chi connectivity index (χ4n) is 0.139. The van der Waals surface area contributed by atoms with Gasteiger partial charge in [-0.25, -0.2) is 9.13 Å². The van der Waals surface area contributed by atoms with Gasteiger partial charge in [-0.1, -0.05) is 0 Å². The Labute approximate surface area is 69.1 Å². The molecule has 0 atom stereocenters. The highest BCUT2D eigenvalue weighted by Crippen LogP contribution is 2.53. The summed E-state index contributed by atoms with van der Waals surface area (Å²) >= 11 is 0. The van der Waals surface area contributed by atoms with E-state index < -0.39 is 15.6 Å². The maximum absolute atomic E-state index is 9.63. The van der Waals surface area contributed by atoms with Gasteiger partial charge < -0.3 is 25.7 Å². The maximum atomic E-state index is 9.63. The van der Waals surface area contributed by atoms with Crippen LogP contribution in [0.4, 0.5) is 0 Å². The molecular formula is H9NO7P2S. The standard InChI is InChI=1S/H3N.H4O7P2.H2S/c;1-8(2,3)7-9(4,5)6;/h1H3;(H2,1,2,3)(H2,4,5,6);1H2. The van der Waals surface area contributed by atoms with Crippen LogP contribution in [0, 0.1) is 0 Å². The molecule has 0 amide bonds. The van der Waals surface area contributed by atoms with Crippen molar-refractivity contribution in [1.82, 2.24) is 6.15 Å². The van der Waals surface area contributed by atoms with E-state index in [1.807, 2.05) is 0 Å². The van der Waals surface area contributed by atoms with Gasteiger partial charge in [0.2, 0.25) is 0 Å². The summed E-state index contributed by atoms with van der Waals surface area (Å²) < 4.78 is 22.2. The van der Waals surface area contributed by atoms with Crippen molar-refractivity contribution in [3.8, 4) is 0 Å². The molecule has 0 aliphatic rings. The minimum atomic E-state index is -5.05. The third kappa shape index (κ3) is 18.0. The van der Waals surface area contributed by atoms with Gasteiger partial charge in [0.25, 0.3) is 0 Å². The predicted octanol–water partition coefficient (Wildman–Crippen LogP) is -0.537. The van der Waals surface area contributed by atoms with Gasteiger partial charge in [0.15, 0.2) is 0 Å². The van der Waals surface area contributed by atoms with Crippen molar-refractivity contribution < 1.29 is 33.0 Å². The van der Waals surface area contributed by atoms with Gasteiger partial charge in [0, 0.05) is 0 Å². The number of rotatable bonds is 2. The molecule has 0 aromatic carbocycles. The Morgan fingerprint density at radius 3 is 1.09 bits per heavy atom. The lowest BCUT2D eigenvalue weighted by Gasteiger charge is -2.03. The Hall–Kier alpha value is 0.570. The minimum Gasteiger partial charge on any atom is -0.344 e. The number of phosphoric acid groups is 2. The second kappa shape index (κ2) is 5.26. The molecule has 0 aromatic heterocycles. The van der Waals surface area contributed by atoms with E-state index in [9.17, 15) is 9.13 Å². The Bertz CT molecular complexity index is 157. The van der Waals surface area contributed by atoms with Gasteiger partial charge in [-0.2, -0.15) is 17.8 Å². The van der Waals surface area contributed by atoms with Crippen molar-refractivity contribution in [3.63, 3.8) is 0 Å². The summed E-state index contributed by atoms with van der Waals surface area (Å²) in [5.41, 5.74) is 0. The first-order valence-electron chi connectivity index (χ1n) is 1.53. The first-order chi connectivity index (χ1) is 3.71. The average Bonchev–Trinajstić information content (AvgIpc) is 1.14. The SMILES string of the molecule is N.O=P(O)(O)OP(=O)(O)O.S. The molecule has 11 heteroatoms. The predicted molar refractivity (Wildman–Crippen MR) is 40.6 cm³/mol. The second-order valence-corrected chi connectivity index (χ2v) is 3.68. The van der Waals surface area contributed by atoms with E-state index >= 15 is 0 Å². The van der Waals surface area contributed by atoms with E-state index in [1.54, 1.807) is 0 Å². The highest BCUT2D eigenvalue weighted by atomic mass is 32.1. The Balaban J connectivity index is -0.000000320. The molecule has 0 aromatic rings. The quantitative estimate of drug-likeness (QED) is 0.394. The molecule has 0 radical (unpaired) electrons. The lowest BCUT2D eigenvalue weighted by atomic mass is 14.0. The van der Waals surface area contributed by atoms with Gasteiger partial charge in [-0.05, 0) is 0 Å². The first-order valence-corrected chi connectivity index (χ1v) is 4.59. The molecule has 0 aliphatic heterocycles. The number of hydrogen-bond donors (Lipinski definition) is 5. The summed E-state index contributed by atoms with van der Waals surface area (Å²) in [5, 5.41) is 0. The third-order valence-corrected chi connectivity index (χ3v) is 1.91. The molecular weight excluding hydrogens is 220 g/mol. The van der Waals surface area contributed by atoms with Crippen molar-refractivity contribution in [2.24, 2.45) is 0 Å². The van der Waals surface area contributed by atoms with Crippen molar-refractivity contribution in [1.29, 1.82) is 0 Å². The fourth-order valence-corrected chi connectivity index (χ4v) is 1.25. The molecule has 0 aliphatic carbocycles. The molecule has 0 heterocycles. The molecule has 8 nitrogen and oxygen atoms in total. The zero-order valence-electron chi connectivity index (χ0n) is 5.12. The highest BCUT2D eigenvalue weighted by molar-refractivity contribution is 7.60. The first kappa shape index (κ1) is 17.6. The van der Waals surface area contributed by atoms with E-state index in [4.69, 9.17) is 19.6 Å². The van der Waals surface area contributed by atoms with Crippen LogP contribution in [-0.4, -0.2) is 19.6 Å². The van der Waals surface area contributed by atoms with Crippen LogP contribution in [0.2, 0.25) is 0 Å². The fraction of sp³-hybridized carbons (Fsp3) is 0. The van der Waals surface area contributed by atoms with Gasteiger partial charge in [0.1, 0.15) is 0 Å². The van der Waals surface area contributed by atoms with E-state index in [0.29, 0.717) is 0 Å². The molecule has 0 bridgehead atoms. The molecule has 0 spiro atoms. The molecule has 7 N–H and O–H groups in total. The van der Waals surface area contributed by atoms with Gasteiger partial charge in [-0.3, -0.25) is 0 Å². The molecule has 72 valence electrons. The summed E-state index contributed by atoms with van der Waals surface area (Å²) in [4.78, 5) is 31.0. The molecule has 0 saturated carbocycles. The highest BCUT2D eigenvalue weighted by Gasteiger charge is 2.27. The van der Waals surface area contributed by atoms with Crippen LogP contribution in [0.3, 0.4) is 0 Å². The molecule has 0 rings (SSSR count). The summed E-state index contributed by atoms with van der Waals surface area (Å²) in [6.07, 6.45) is 0. The average molecular weight is 229 g/mol. The van der Waals surface area contributed by atoms with E-state index in [2.05, 4.69) is 4.31 Å². The third-order valence-electron chi connectivity index (χ3n) is 0.213. The zero-order chi connectivity index (χ0) is 7.71. The lowest BCUT2D eigenvalue weighted by molar-refractivity contribution is 0.225. The van der Waals surface area contributed by atoms with Crippen LogP contribution in [-0.2, 0) is 13.4 Å². The normalized spacial score (nSPS) is 11.3. The van der Waals surface area contributed by atoms with E-state index in [0.717, 1.165) is 0 Å². The van der Waals surface area contributed by atoms with Crippen LogP contribution in [0.1, 0.15) is 0 Å². The topological polar surface area (TPSA) is 159 Å². The van der Waals surface area contributed by atoms with Gasteiger partial charge >= 0.3 is 15.6 Å². The summed E-state index contributed by atoms with van der Waals surface area (Å²) in [5.74, 6) is 0. The van der Waals surface area contributed by atoms with Crippen LogP contribution < -0.4 is 6.15 Å². The van der Waals surface area contributed by atoms with E-state index in [1.165, 1.54) is 0 Å². The van der Waals surface area contributed by atoms with Gasteiger partial charge in [-0.15, -0.1) is 0 Å². The largest absolute Gasteiger partial charge is 0.478 e. The van der Waals surface area contributed by atoms with Crippen molar-refractivity contribution in [2.75, 3.05) is 0 Å².